The van der Waals surface area contributed by atoms with E-state index in [2.05, 4.69) is 75.7 Å². The van der Waals surface area contributed by atoms with Crippen molar-refractivity contribution in [3.8, 4) is 0 Å². The van der Waals surface area contributed by atoms with E-state index in [1.807, 2.05) is 0 Å². The van der Waals surface area contributed by atoms with Gasteiger partial charge in [0.2, 0.25) is 0 Å². The van der Waals surface area contributed by atoms with Crippen LogP contribution in [0.5, 0.6) is 0 Å². The molecule has 1 rings (SSSR count). The number of hydrogen-bond donors (Lipinski definition) is 0. The van der Waals surface area contributed by atoms with E-state index >= 15 is 0 Å². The van der Waals surface area contributed by atoms with Crippen molar-refractivity contribution in [3.05, 3.63) is 35.9 Å². The summed E-state index contributed by atoms with van der Waals surface area (Å²) in [5.74, 6) is 0. The maximum atomic E-state index is 2.33. The molecule has 0 aliphatic rings. The predicted octanol–water partition coefficient (Wildman–Crippen LogP) is 3.51. The van der Waals surface area contributed by atoms with Gasteiger partial charge in [-0.25, -0.2) is 0 Å². The second-order valence-electron chi connectivity index (χ2n) is 5.99. The molecule has 1 unspecified atom stereocenters. The summed E-state index contributed by atoms with van der Waals surface area (Å²) in [6.07, 6.45) is 1.21. The molecule has 0 spiro atoms. The first kappa shape index (κ1) is 11.9. The summed E-state index contributed by atoms with van der Waals surface area (Å²) in [4.78, 5) is 0. The van der Waals surface area contributed by atoms with E-state index < -0.39 is 0 Å². The third-order valence-corrected chi connectivity index (χ3v) is 2.53. The van der Waals surface area contributed by atoms with Crippen molar-refractivity contribution in [1.29, 1.82) is 0 Å². The Labute approximate surface area is 97.3 Å². The molecular formula is C13H19Li. The minimum atomic E-state index is 0.277. The fourth-order valence-corrected chi connectivity index (χ4v) is 2.32. The summed E-state index contributed by atoms with van der Waals surface area (Å²) in [7, 11) is 0. The standard InChI is InChI=1S/C13H19.Li/c1-11(10-13(2,3)4)12-8-6-5-7-9-12;/h5-9H,10H2,1-4H3;. The zero-order valence-corrected chi connectivity index (χ0v) is 10.1. The molecule has 0 aliphatic heterocycles. The van der Waals surface area contributed by atoms with Gasteiger partial charge < -0.3 is 0 Å². The molecule has 0 nitrogen and oxygen atoms in total. The van der Waals surface area contributed by atoms with Crippen LogP contribution >= 0.6 is 0 Å². The van der Waals surface area contributed by atoms with Crippen LogP contribution in [0.3, 0.4) is 0 Å². The van der Waals surface area contributed by atoms with Gasteiger partial charge in [0.05, 0.1) is 0 Å². The summed E-state index contributed by atoms with van der Waals surface area (Å²) < 4.78 is 0.277. The van der Waals surface area contributed by atoms with E-state index in [1.165, 1.54) is 12.0 Å². The van der Waals surface area contributed by atoms with Crippen LogP contribution in [-0.4, -0.2) is 17.7 Å². The third kappa shape index (κ3) is 3.52. The van der Waals surface area contributed by atoms with Crippen LogP contribution < -0.4 is 0 Å². The second kappa shape index (κ2) is 4.13. The Morgan fingerprint density at radius 2 is 1.50 bits per heavy atom. The fraction of sp³-hybridized carbons (Fsp3) is 0.538. The molecule has 0 fully saturated rings. The zero-order valence-electron chi connectivity index (χ0n) is 10.1. The molecule has 0 amide bonds. The molecule has 0 saturated carbocycles. The van der Waals surface area contributed by atoms with E-state index in [-0.39, 0.29) is 4.09 Å². The first-order chi connectivity index (χ1) is 6.31. The van der Waals surface area contributed by atoms with Crippen molar-refractivity contribution in [2.24, 2.45) is 5.41 Å². The third-order valence-electron chi connectivity index (χ3n) is 2.53. The SMILES string of the molecule is [Li][C](C)(CC(C)(C)C)c1ccccc1. The Morgan fingerprint density at radius 3 is 1.93 bits per heavy atom. The average molecular weight is 182 g/mol. The van der Waals surface area contributed by atoms with Crippen LogP contribution in [0.2, 0.25) is 0 Å². The molecule has 1 aromatic carbocycles. The number of benzene rings is 1. The Hall–Kier alpha value is -0.183. The van der Waals surface area contributed by atoms with Gasteiger partial charge >= 0.3 is 97.2 Å². The molecule has 0 N–H and O–H groups in total. The zero-order chi connectivity index (χ0) is 10.8. The molecule has 14 heavy (non-hydrogen) atoms. The number of hydrogen-bond acceptors (Lipinski definition) is 0. The Balaban J connectivity index is 2.86. The van der Waals surface area contributed by atoms with Gasteiger partial charge in [0.1, 0.15) is 0 Å². The first-order valence-electron chi connectivity index (χ1n) is 5.37. The van der Waals surface area contributed by atoms with Crippen LogP contribution in [0.1, 0.15) is 39.7 Å². The van der Waals surface area contributed by atoms with Gasteiger partial charge in [0.15, 0.2) is 0 Å². The van der Waals surface area contributed by atoms with E-state index in [9.17, 15) is 0 Å². The molecule has 1 atom stereocenters. The molecular weight excluding hydrogens is 163 g/mol. The quantitative estimate of drug-likeness (QED) is 0.614. The predicted molar refractivity (Wildman–Crippen MR) is 63.6 cm³/mol. The summed E-state index contributed by atoms with van der Waals surface area (Å²) >= 11 is 2.33. The molecule has 1 heteroatoms. The van der Waals surface area contributed by atoms with Crippen LogP contribution in [0.25, 0.3) is 0 Å². The number of rotatable bonds is 2. The van der Waals surface area contributed by atoms with E-state index in [0.29, 0.717) is 5.41 Å². The molecule has 0 radical (unpaired) electrons. The van der Waals surface area contributed by atoms with Gasteiger partial charge in [-0.2, -0.15) is 0 Å². The van der Waals surface area contributed by atoms with Gasteiger partial charge in [0.25, 0.3) is 0 Å². The van der Waals surface area contributed by atoms with Crippen LogP contribution in [0.4, 0.5) is 0 Å². The molecule has 0 heterocycles. The maximum absolute atomic E-state index is 2.33. The van der Waals surface area contributed by atoms with Gasteiger partial charge in [-0.05, 0) is 0 Å². The van der Waals surface area contributed by atoms with Crippen molar-refractivity contribution in [2.75, 3.05) is 0 Å². The van der Waals surface area contributed by atoms with Gasteiger partial charge in [-0.15, -0.1) is 0 Å². The van der Waals surface area contributed by atoms with Crippen LogP contribution in [-0.2, 0) is 4.09 Å². The summed E-state index contributed by atoms with van der Waals surface area (Å²) in [5.41, 5.74) is 1.83. The minimum absolute atomic E-state index is 0.277. The van der Waals surface area contributed by atoms with Crippen LogP contribution in [0.15, 0.2) is 30.3 Å². The first-order valence-corrected chi connectivity index (χ1v) is 5.37. The normalized spacial score (nSPS) is 16.4. The Kier molecular flexibility index (Phi) is 3.51. The fourth-order valence-electron chi connectivity index (χ4n) is 2.32. The van der Waals surface area contributed by atoms with Crippen molar-refractivity contribution < 1.29 is 0 Å². The molecule has 0 bridgehead atoms. The summed E-state index contributed by atoms with van der Waals surface area (Å²) in [5, 5.41) is 0. The molecule has 0 aliphatic carbocycles. The second-order valence-corrected chi connectivity index (χ2v) is 5.99. The van der Waals surface area contributed by atoms with Gasteiger partial charge in [-0.3, -0.25) is 0 Å². The topological polar surface area (TPSA) is 0 Å². The van der Waals surface area contributed by atoms with Crippen molar-refractivity contribution in [2.45, 2.75) is 38.2 Å². The molecule has 72 valence electrons. The van der Waals surface area contributed by atoms with E-state index in [1.54, 1.807) is 0 Å². The molecule has 1 aromatic rings. The Bertz CT molecular complexity index is 280. The van der Waals surface area contributed by atoms with E-state index in [4.69, 9.17) is 0 Å². The molecule has 0 saturated heterocycles. The average Bonchev–Trinajstić information content (AvgIpc) is 2.01. The van der Waals surface area contributed by atoms with Gasteiger partial charge in [0, 0.05) is 0 Å². The van der Waals surface area contributed by atoms with Crippen molar-refractivity contribution >= 4 is 17.7 Å². The van der Waals surface area contributed by atoms with Crippen molar-refractivity contribution in [1.82, 2.24) is 0 Å². The summed E-state index contributed by atoms with van der Waals surface area (Å²) in [6.45, 7) is 9.24. The van der Waals surface area contributed by atoms with Gasteiger partial charge in [-0.1, -0.05) is 0 Å². The summed E-state index contributed by atoms with van der Waals surface area (Å²) in [6, 6.07) is 10.8. The monoisotopic (exact) mass is 182 g/mol. The van der Waals surface area contributed by atoms with Crippen LogP contribution in [0, 0.1) is 5.41 Å². The van der Waals surface area contributed by atoms with E-state index in [0.717, 1.165) is 0 Å². The van der Waals surface area contributed by atoms with Crippen molar-refractivity contribution in [3.63, 3.8) is 0 Å². The molecule has 0 aromatic heterocycles. The Morgan fingerprint density at radius 1 is 1.00 bits per heavy atom.